The van der Waals surface area contributed by atoms with Gasteiger partial charge in [0.25, 0.3) is 23.8 Å². The van der Waals surface area contributed by atoms with E-state index in [1.165, 1.54) is 173 Å². The number of unbranched alkanes of at least 4 members (excludes halogenated alkanes) is 23. The molecule has 1 N–H and O–H groups in total. The SMILES string of the molecule is CCCCCCCC(CCCCCC)OC=O.CCCCCCCCCOC=O.CCCCCCCCN(CCCCCCCC)CCCNc1c(N(CCOC)CCOC)c(=O)c1=O. The number of carbonyl (C=O) groups is 2. The summed E-state index contributed by atoms with van der Waals surface area (Å²) in [5.41, 5.74) is 0.147. The molecule has 0 saturated carbocycles. The van der Waals surface area contributed by atoms with Crippen molar-refractivity contribution in [3.05, 3.63) is 20.4 Å². The molecule has 384 valence electrons. The molecule has 0 aliphatic rings. The number of carbonyl (C=O) groups excluding carboxylic acids is 2. The number of anilines is 2. The van der Waals surface area contributed by atoms with Crippen LogP contribution in [0.5, 0.6) is 0 Å². The van der Waals surface area contributed by atoms with Crippen molar-refractivity contribution in [1.82, 2.24) is 4.90 Å². The van der Waals surface area contributed by atoms with Gasteiger partial charge in [0, 0.05) is 33.9 Å². The van der Waals surface area contributed by atoms with Gasteiger partial charge in [-0.2, -0.15) is 0 Å². The largest absolute Gasteiger partial charge is 0.468 e. The molecule has 0 fully saturated rings. The number of nitrogens with one attached hydrogen (secondary N) is 1. The van der Waals surface area contributed by atoms with Crippen molar-refractivity contribution in [2.24, 2.45) is 0 Å². The molecule has 11 nitrogen and oxygen atoms in total. The predicted molar refractivity (Wildman–Crippen MR) is 277 cm³/mol. The Hall–Kier alpha value is -2.50. The molecule has 0 bridgehead atoms. The molecular weight excluding hydrogens is 819 g/mol. The summed E-state index contributed by atoms with van der Waals surface area (Å²) in [7, 11) is 3.27. The average molecular weight is 924 g/mol. The van der Waals surface area contributed by atoms with Gasteiger partial charge in [-0.05, 0) is 71.0 Å². The summed E-state index contributed by atoms with van der Waals surface area (Å²) >= 11 is 0. The molecule has 0 heterocycles. The molecule has 0 spiro atoms. The van der Waals surface area contributed by atoms with E-state index in [1.807, 2.05) is 4.90 Å². The summed E-state index contributed by atoms with van der Waals surface area (Å²) in [6.45, 7) is 19.1. The highest BCUT2D eigenvalue weighted by atomic mass is 16.5. The fraction of sp³-hybridized carbons (Fsp3) is 0.889. The van der Waals surface area contributed by atoms with Crippen molar-refractivity contribution in [3.63, 3.8) is 0 Å². The Morgan fingerprint density at radius 1 is 0.462 bits per heavy atom. The fourth-order valence-electron chi connectivity index (χ4n) is 7.99. The van der Waals surface area contributed by atoms with E-state index in [0.29, 0.717) is 63.8 Å². The Balaban J connectivity index is 0. The minimum Gasteiger partial charge on any atom is -0.468 e. The fourth-order valence-corrected chi connectivity index (χ4v) is 7.99. The first kappa shape index (κ1) is 64.6. The van der Waals surface area contributed by atoms with Crippen LogP contribution in [-0.4, -0.2) is 97.3 Å². The van der Waals surface area contributed by atoms with Crippen LogP contribution in [0.3, 0.4) is 0 Å². The molecule has 0 saturated heterocycles. The van der Waals surface area contributed by atoms with E-state index in [2.05, 4.69) is 49.6 Å². The van der Waals surface area contributed by atoms with Gasteiger partial charge in [-0.3, -0.25) is 19.2 Å². The monoisotopic (exact) mass is 924 g/mol. The van der Waals surface area contributed by atoms with Crippen LogP contribution in [0, 0.1) is 0 Å². The van der Waals surface area contributed by atoms with Crippen LogP contribution in [0.4, 0.5) is 11.4 Å². The standard InChI is InChI=1S/C29H55N3O4.C15H30O2.C10H20O2/c1-5-7-9-11-13-15-19-31(20-16-14-12-10-8-6-2)21-17-18-30-26-27(29(34)28(26)33)32(22-24-35-3)23-25-36-4;1-3-5-7-9-11-13-15(17-14-16)12-10-8-6-4-2;1-2-3-4-5-6-7-8-9-12-10-11/h30H,5-25H2,1-4H3;14-15H,3-13H2,1-2H3;10H,2-9H2,1H3. The first-order valence-corrected chi connectivity index (χ1v) is 27.0. The van der Waals surface area contributed by atoms with E-state index >= 15 is 0 Å². The quantitative estimate of drug-likeness (QED) is 0.0382. The zero-order valence-electron chi connectivity index (χ0n) is 43.7. The number of nitrogens with zero attached hydrogens (tertiary/aromatic N) is 2. The summed E-state index contributed by atoms with van der Waals surface area (Å²) in [6.07, 6.45) is 39.3. The lowest BCUT2D eigenvalue weighted by Crippen LogP contribution is -2.45. The Morgan fingerprint density at radius 2 is 0.862 bits per heavy atom. The van der Waals surface area contributed by atoms with E-state index in [1.54, 1.807) is 14.2 Å². The molecule has 1 aromatic carbocycles. The summed E-state index contributed by atoms with van der Waals surface area (Å²) in [6, 6.07) is 0. The summed E-state index contributed by atoms with van der Waals surface area (Å²) in [5, 5.41) is 3.28. The van der Waals surface area contributed by atoms with Gasteiger partial charge in [0.2, 0.25) is 0 Å². The molecule has 1 atom stereocenters. The molecule has 65 heavy (non-hydrogen) atoms. The minimum atomic E-state index is -0.405. The zero-order valence-corrected chi connectivity index (χ0v) is 43.7. The molecular formula is C54H105N3O8. The Morgan fingerprint density at radius 3 is 1.29 bits per heavy atom. The Labute approximate surface area is 400 Å². The van der Waals surface area contributed by atoms with Crippen molar-refractivity contribution in [1.29, 1.82) is 0 Å². The van der Waals surface area contributed by atoms with Crippen LogP contribution in [0.25, 0.3) is 0 Å². The molecule has 0 aliphatic heterocycles. The molecule has 1 aromatic rings. The molecule has 1 rings (SSSR count). The number of ether oxygens (including phenoxy) is 4. The van der Waals surface area contributed by atoms with Crippen LogP contribution in [-0.2, 0) is 28.5 Å². The molecule has 0 aromatic heterocycles. The lowest BCUT2D eigenvalue weighted by molar-refractivity contribution is -0.134. The highest BCUT2D eigenvalue weighted by Crippen LogP contribution is 2.20. The van der Waals surface area contributed by atoms with Crippen LogP contribution < -0.4 is 21.1 Å². The third kappa shape index (κ3) is 40.3. The van der Waals surface area contributed by atoms with E-state index < -0.39 is 10.9 Å². The van der Waals surface area contributed by atoms with Crippen LogP contribution in [0.15, 0.2) is 9.59 Å². The highest BCUT2D eigenvalue weighted by molar-refractivity contribution is 5.75. The lowest BCUT2D eigenvalue weighted by Gasteiger charge is -2.27. The highest BCUT2D eigenvalue weighted by Gasteiger charge is 2.25. The van der Waals surface area contributed by atoms with Crippen LogP contribution in [0.1, 0.15) is 234 Å². The second-order valence-electron chi connectivity index (χ2n) is 18.0. The van der Waals surface area contributed by atoms with Gasteiger partial charge < -0.3 is 34.1 Å². The zero-order chi connectivity index (χ0) is 48.3. The molecule has 0 radical (unpaired) electrons. The second-order valence-corrected chi connectivity index (χ2v) is 18.0. The molecule has 0 aliphatic carbocycles. The maximum atomic E-state index is 12.3. The summed E-state index contributed by atoms with van der Waals surface area (Å²) in [5.74, 6) is 0. The van der Waals surface area contributed by atoms with Crippen molar-refractivity contribution in [3.8, 4) is 0 Å². The third-order valence-electron chi connectivity index (χ3n) is 12.1. The predicted octanol–water partition coefficient (Wildman–Crippen LogP) is 13.0. The first-order valence-electron chi connectivity index (χ1n) is 27.0. The van der Waals surface area contributed by atoms with Gasteiger partial charge >= 0.3 is 0 Å². The van der Waals surface area contributed by atoms with Crippen molar-refractivity contribution in [2.45, 2.75) is 240 Å². The lowest BCUT2D eigenvalue weighted by atomic mass is 10.0. The summed E-state index contributed by atoms with van der Waals surface area (Å²) in [4.78, 5) is 49.3. The van der Waals surface area contributed by atoms with Crippen LogP contribution in [0.2, 0.25) is 0 Å². The molecule has 0 amide bonds. The van der Waals surface area contributed by atoms with Gasteiger partial charge in [-0.1, -0.05) is 182 Å². The van der Waals surface area contributed by atoms with Gasteiger partial charge in [0.1, 0.15) is 17.5 Å². The van der Waals surface area contributed by atoms with Crippen molar-refractivity contribution < 1.29 is 28.5 Å². The Bertz CT molecular complexity index is 1170. The number of rotatable bonds is 48. The number of methoxy groups -OCH3 is 2. The number of hydrogen-bond donors (Lipinski definition) is 1. The van der Waals surface area contributed by atoms with E-state index in [0.717, 1.165) is 45.3 Å². The number of hydrogen-bond acceptors (Lipinski definition) is 11. The van der Waals surface area contributed by atoms with E-state index in [-0.39, 0.29) is 6.10 Å². The maximum Gasteiger partial charge on any atom is 0.293 e. The van der Waals surface area contributed by atoms with Crippen LogP contribution >= 0.6 is 0 Å². The van der Waals surface area contributed by atoms with Crippen molar-refractivity contribution in [2.75, 3.05) is 83.5 Å². The third-order valence-corrected chi connectivity index (χ3v) is 12.1. The van der Waals surface area contributed by atoms with E-state index in [4.69, 9.17) is 14.2 Å². The molecule has 1 unspecified atom stereocenters. The first-order chi connectivity index (χ1) is 31.9. The van der Waals surface area contributed by atoms with Gasteiger partial charge in [0.15, 0.2) is 0 Å². The summed E-state index contributed by atoms with van der Waals surface area (Å²) < 4.78 is 20.1. The van der Waals surface area contributed by atoms with E-state index in [9.17, 15) is 19.2 Å². The van der Waals surface area contributed by atoms with Gasteiger partial charge in [-0.15, -0.1) is 0 Å². The normalized spacial score (nSPS) is 11.4. The maximum absolute atomic E-state index is 12.3. The minimum absolute atomic E-state index is 0.172. The van der Waals surface area contributed by atoms with Gasteiger partial charge in [-0.25, -0.2) is 0 Å². The smallest absolute Gasteiger partial charge is 0.293 e. The topological polar surface area (TPSA) is 124 Å². The van der Waals surface area contributed by atoms with Crippen molar-refractivity contribution >= 4 is 24.3 Å². The Kier molecular flexibility index (Phi) is 52.1. The second kappa shape index (κ2) is 52.5. The molecule has 11 heteroatoms. The average Bonchev–Trinajstić information content (AvgIpc) is 3.32. The van der Waals surface area contributed by atoms with Gasteiger partial charge in [0.05, 0.1) is 19.8 Å².